The van der Waals surface area contributed by atoms with Gasteiger partial charge in [-0.3, -0.25) is 4.68 Å². The first-order chi connectivity index (χ1) is 8.69. The van der Waals surface area contributed by atoms with E-state index in [1.165, 1.54) is 5.56 Å². The topological polar surface area (TPSA) is 47.7 Å². The van der Waals surface area contributed by atoms with E-state index in [0.29, 0.717) is 0 Å². The molecule has 0 amide bonds. The van der Waals surface area contributed by atoms with E-state index in [1.807, 2.05) is 35.9 Å². The van der Waals surface area contributed by atoms with Gasteiger partial charge in [0.15, 0.2) is 0 Å². The Bertz CT molecular complexity index is 485. The first-order valence-electron chi connectivity index (χ1n) is 6.37. The van der Waals surface area contributed by atoms with Crippen LogP contribution >= 0.6 is 0 Å². The summed E-state index contributed by atoms with van der Waals surface area (Å²) in [5.74, 6) is 0. The van der Waals surface area contributed by atoms with Crippen LogP contribution in [0.1, 0.15) is 30.6 Å². The minimum atomic E-state index is 0.260. The second-order valence-corrected chi connectivity index (χ2v) is 4.70. The summed E-state index contributed by atoms with van der Waals surface area (Å²) in [5, 5.41) is 7.76. The minimum Gasteiger partial charge on any atom is -0.340 e. The van der Waals surface area contributed by atoms with E-state index in [0.717, 1.165) is 25.1 Å². The highest BCUT2D eigenvalue weighted by atomic mass is 15.2. The maximum Gasteiger partial charge on any atom is 0.0947 e. The lowest BCUT2D eigenvalue weighted by Crippen LogP contribution is -2.24. The Morgan fingerprint density at radius 1 is 1.33 bits per heavy atom. The first-order valence-corrected chi connectivity index (χ1v) is 6.37. The summed E-state index contributed by atoms with van der Waals surface area (Å²) >= 11 is 0. The Hall–Kier alpha value is -1.62. The van der Waals surface area contributed by atoms with Gasteiger partial charge in [-0.25, -0.2) is 4.98 Å². The summed E-state index contributed by atoms with van der Waals surface area (Å²) in [4.78, 5) is 4.45. The molecule has 0 bridgehead atoms. The Labute approximate surface area is 108 Å². The molecule has 0 spiro atoms. The average Bonchev–Trinajstić information content (AvgIpc) is 2.93. The summed E-state index contributed by atoms with van der Waals surface area (Å²) in [5.41, 5.74) is 2.33. The van der Waals surface area contributed by atoms with E-state index < -0.39 is 0 Å². The summed E-state index contributed by atoms with van der Waals surface area (Å²) in [7, 11) is 3.94. The van der Waals surface area contributed by atoms with Gasteiger partial charge in [-0.15, -0.1) is 0 Å². The van der Waals surface area contributed by atoms with Crippen LogP contribution in [0.5, 0.6) is 0 Å². The van der Waals surface area contributed by atoms with Gasteiger partial charge in [-0.1, -0.05) is 6.92 Å². The van der Waals surface area contributed by atoms with Crippen LogP contribution in [0, 0.1) is 0 Å². The smallest absolute Gasteiger partial charge is 0.0947 e. The van der Waals surface area contributed by atoms with Crippen molar-refractivity contribution in [1.82, 2.24) is 24.6 Å². The number of hydrogen-bond donors (Lipinski definition) is 1. The summed E-state index contributed by atoms with van der Waals surface area (Å²) in [6, 6.07) is 0.260. The number of rotatable bonds is 6. The Kier molecular flexibility index (Phi) is 4.15. The fraction of sp³-hybridized carbons (Fsp3) is 0.538. The molecule has 1 unspecified atom stereocenters. The number of nitrogens with one attached hydrogen (secondary N) is 1. The van der Waals surface area contributed by atoms with E-state index >= 15 is 0 Å². The molecule has 0 saturated carbocycles. The quantitative estimate of drug-likeness (QED) is 0.840. The third-order valence-corrected chi connectivity index (χ3v) is 2.92. The van der Waals surface area contributed by atoms with Crippen molar-refractivity contribution in [3.05, 3.63) is 36.2 Å². The predicted molar refractivity (Wildman–Crippen MR) is 71.2 cm³/mol. The van der Waals surface area contributed by atoms with Crippen LogP contribution in [-0.2, 0) is 20.5 Å². The summed E-state index contributed by atoms with van der Waals surface area (Å²) in [6.07, 6.45) is 9.94. The van der Waals surface area contributed by atoms with E-state index in [-0.39, 0.29) is 6.04 Å². The Morgan fingerprint density at radius 2 is 2.17 bits per heavy atom. The lowest BCUT2D eigenvalue weighted by Gasteiger charge is -2.15. The largest absolute Gasteiger partial charge is 0.340 e. The van der Waals surface area contributed by atoms with Crippen molar-refractivity contribution in [1.29, 1.82) is 0 Å². The number of imidazole rings is 1. The van der Waals surface area contributed by atoms with Crippen LogP contribution in [-0.4, -0.2) is 25.9 Å². The fourth-order valence-electron chi connectivity index (χ4n) is 2.03. The molecule has 0 aromatic carbocycles. The van der Waals surface area contributed by atoms with Gasteiger partial charge >= 0.3 is 0 Å². The van der Waals surface area contributed by atoms with Crippen molar-refractivity contribution in [3.8, 4) is 0 Å². The lowest BCUT2D eigenvalue weighted by molar-refractivity contribution is 0.519. The van der Waals surface area contributed by atoms with Crippen LogP contribution in [0.4, 0.5) is 0 Å². The molecule has 0 aliphatic carbocycles. The number of nitrogens with zero attached hydrogens (tertiary/aromatic N) is 4. The molecule has 98 valence electrons. The van der Waals surface area contributed by atoms with Crippen molar-refractivity contribution in [2.75, 3.05) is 6.54 Å². The molecule has 2 aromatic heterocycles. The molecule has 1 N–H and O–H groups in total. The van der Waals surface area contributed by atoms with E-state index in [9.17, 15) is 0 Å². The second-order valence-electron chi connectivity index (χ2n) is 4.70. The van der Waals surface area contributed by atoms with E-state index in [4.69, 9.17) is 0 Å². The molecular weight excluding hydrogens is 226 g/mol. The highest BCUT2D eigenvalue weighted by Gasteiger charge is 2.14. The highest BCUT2D eigenvalue weighted by Crippen LogP contribution is 2.16. The van der Waals surface area contributed by atoms with Gasteiger partial charge in [-0.05, 0) is 24.9 Å². The third-order valence-electron chi connectivity index (χ3n) is 2.92. The van der Waals surface area contributed by atoms with Crippen molar-refractivity contribution >= 4 is 0 Å². The molecule has 1 atom stereocenters. The molecule has 2 heterocycles. The van der Waals surface area contributed by atoms with Crippen molar-refractivity contribution in [2.45, 2.75) is 25.8 Å². The van der Waals surface area contributed by atoms with E-state index in [1.54, 1.807) is 0 Å². The molecule has 2 rings (SSSR count). The van der Waals surface area contributed by atoms with Crippen LogP contribution in [0.15, 0.2) is 24.9 Å². The highest BCUT2D eigenvalue weighted by molar-refractivity contribution is 5.12. The van der Waals surface area contributed by atoms with Crippen molar-refractivity contribution < 1.29 is 0 Å². The van der Waals surface area contributed by atoms with Crippen LogP contribution in [0.25, 0.3) is 0 Å². The molecular formula is C13H21N5. The molecule has 18 heavy (non-hydrogen) atoms. The second kappa shape index (κ2) is 5.82. The third kappa shape index (κ3) is 3.20. The summed E-state index contributed by atoms with van der Waals surface area (Å²) in [6.45, 7) is 3.17. The fourth-order valence-corrected chi connectivity index (χ4v) is 2.03. The Balaban J connectivity index is 2.09. The standard InChI is InChI=1S/C13H21N5/c1-4-5-14-12(13-9-17(2)10-15-13)6-11-7-16-18(3)8-11/h7-10,12,14H,4-6H2,1-3H3. The van der Waals surface area contributed by atoms with Crippen LogP contribution < -0.4 is 5.32 Å². The normalized spacial score (nSPS) is 12.8. The zero-order chi connectivity index (χ0) is 13.0. The van der Waals surface area contributed by atoms with Gasteiger partial charge in [-0.2, -0.15) is 5.10 Å². The van der Waals surface area contributed by atoms with Crippen molar-refractivity contribution in [3.63, 3.8) is 0 Å². The van der Waals surface area contributed by atoms with Crippen molar-refractivity contribution in [2.24, 2.45) is 14.1 Å². The predicted octanol–water partition coefficient (Wildman–Crippen LogP) is 1.44. The molecule has 0 saturated heterocycles. The van der Waals surface area contributed by atoms with Gasteiger partial charge in [0.2, 0.25) is 0 Å². The average molecular weight is 247 g/mol. The van der Waals surface area contributed by atoms with Gasteiger partial charge in [0, 0.05) is 26.5 Å². The SMILES string of the molecule is CCCNC(Cc1cnn(C)c1)c1cn(C)cn1. The zero-order valence-electron chi connectivity index (χ0n) is 11.3. The molecule has 0 aliphatic rings. The number of hydrogen-bond acceptors (Lipinski definition) is 3. The van der Waals surface area contributed by atoms with Gasteiger partial charge in [0.1, 0.15) is 0 Å². The number of aryl methyl sites for hydroxylation is 2. The molecule has 0 radical (unpaired) electrons. The Morgan fingerprint density at radius 3 is 2.72 bits per heavy atom. The maximum atomic E-state index is 4.45. The van der Waals surface area contributed by atoms with Crippen LogP contribution in [0.3, 0.4) is 0 Å². The van der Waals surface area contributed by atoms with Gasteiger partial charge < -0.3 is 9.88 Å². The minimum absolute atomic E-state index is 0.260. The molecule has 0 aliphatic heterocycles. The van der Waals surface area contributed by atoms with Crippen LogP contribution in [0.2, 0.25) is 0 Å². The molecule has 2 aromatic rings. The summed E-state index contributed by atoms with van der Waals surface area (Å²) < 4.78 is 3.82. The maximum absolute atomic E-state index is 4.45. The molecule has 0 fully saturated rings. The number of aromatic nitrogens is 4. The van der Waals surface area contributed by atoms with Gasteiger partial charge in [0.25, 0.3) is 0 Å². The molecule has 5 heteroatoms. The molecule has 5 nitrogen and oxygen atoms in total. The zero-order valence-corrected chi connectivity index (χ0v) is 11.3. The van der Waals surface area contributed by atoms with E-state index in [2.05, 4.69) is 34.7 Å². The lowest BCUT2D eigenvalue weighted by atomic mass is 10.1. The van der Waals surface area contributed by atoms with Gasteiger partial charge in [0.05, 0.1) is 24.3 Å². The first kappa shape index (κ1) is 12.8. The monoisotopic (exact) mass is 247 g/mol.